The van der Waals surface area contributed by atoms with Crippen LogP contribution in [-0.4, -0.2) is 75.5 Å². The molecule has 0 fully saturated rings. The zero-order valence-corrected chi connectivity index (χ0v) is 69.7. The van der Waals surface area contributed by atoms with E-state index < -0.39 is 83.7 Å². The molecule has 0 saturated heterocycles. The fourth-order valence-corrected chi connectivity index (χ4v) is 18.8. The second kappa shape index (κ2) is 30.5. The van der Waals surface area contributed by atoms with Gasteiger partial charge in [-0.2, -0.15) is 33.7 Å². The Bertz CT molecular complexity index is 7000. The average Bonchev–Trinajstić information content (AvgIpc) is 0.667. The number of fused-ring (bicyclic) bond motifs is 2. The minimum absolute atomic E-state index is 0.0137. The van der Waals surface area contributed by atoms with Crippen LogP contribution in [0, 0.1) is 0 Å². The van der Waals surface area contributed by atoms with E-state index in [-0.39, 0.29) is 169 Å². The number of hydrogen-bond donors (Lipinski definition) is 4. The molecule has 2 aliphatic rings. The third-order valence-corrected chi connectivity index (χ3v) is 25.6. The number of nitrogens with zero attached hydrogens (tertiary/aromatic N) is 2. The molecule has 0 bridgehead atoms. The molecule has 4 N–H and O–H groups in total. The third-order valence-electron chi connectivity index (χ3n) is 22.2. The number of amides is 4. The zero-order valence-electron chi connectivity index (χ0n) is 66.4. The van der Waals surface area contributed by atoms with Gasteiger partial charge in [-0.15, -0.1) is 0 Å². The molecule has 0 saturated carbocycles. The van der Waals surface area contributed by atoms with Crippen molar-refractivity contribution in [3.63, 3.8) is 0 Å². The minimum Gasteiger partial charge on any atom is -0.456 e. The van der Waals surface area contributed by atoms with Gasteiger partial charge < -0.3 is 18.9 Å². The molecule has 122 heavy (non-hydrogen) atoms. The van der Waals surface area contributed by atoms with E-state index in [1.807, 2.05) is 177 Å². The van der Waals surface area contributed by atoms with E-state index in [1.54, 1.807) is 24.3 Å². The monoisotopic (exact) mass is 1700 g/mol. The molecule has 0 atom stereocenters. The largest absolute Gasteiger partial charge is 0.456 e. The standard InChI is InChI=1S/C96H74N2O20S4/c1-51(2)63-33-21-34-64(52(3)4)91(63)97-93(99)71-47-79(115-75-37-17-15-31-67(75)55-23-11-9-12-24-55)85-86-80(116-76-38-18-16-32-68(76)56-25-13-10-14-26-56)48-72-84-74(96(102)98(94(72)100)92-65(53(5)6)35-22-36-66(92)54(7)8)50-82(118-78-42-40-62(122(112,113)114)46-70(78)58-28-20-30-60(44-58)120(106,107)108)88(90(84)86)87-81(49-73(95(97)101)83(71)89(85)87)117-77-41-39-61(121(109,110)111)45-69(77)57-27-19-29-59(43-57)119(103,104)105/h9-54H,1-8H3,(H,103,104,105)(H,106,107,108)(H,109,110,111)(H,112,113,114). The van der Waals surface area contributed by atoms with Crippen LogP contribution in [-0.2, 0) is 40.5 Å². The Hall–Kier alpha value is -13.3. The Morgan fingerprint density at radius 2 is 0.484 bits per heavy atom. The first-order chi connectivity index (χ1) is 58.0. The maximum absolute atomic E-state index is 17.1. The van der Waals surface area contributed by atoms with Crippen molar-refractivity contribution in [1.29, 1.82) is 0 Å². The summed E-state index contributed by atoms with van der Waals surface area (Å²) in [6, 6.07) is 65.1. The van der Waals surface area contributed by atoms with Crippen molar-refractivity contribution < 1.29 is 90.0 Å². The summed E-state index contributed by atoms with van der Waals surface area (Å²) in [5.74, 6) is -6.09. The number of ether oxygens (including phenoxy) is 4. The van der Waals surface area contributed by atoms with E-state index >= 15 is 19.2 Å². The summed E-state index contributed by atoms with van der Waals surface area (Å²) in [6.45, 7) is 15.3. The molecule has 2 heterocycles. The highest BCUT2D eigenvalue weighted by Crippen LogP contribution is 2.60. The smallest absolute Gasteiger partial charge is 0.294 e. The number of anilines is 2. The summed E-state index contributed by atoms with van der Waals surface area (Å²) in [5.41, 5.74) is 3.86. The second-order valence-electron chi connectivity index (χ2n) is 31.2. The molecule has 4 amide bonds. The number of carbonyl (C=O) groups is 4. The highest BCUT2D eigenvalue weighted by atomic mass is 32.2. The van der Waals surface area contributed by atoms with Gasteiger partial charge in [-0.25, -0.2) is 9.80 Å². The SMILES string of the molecule is CC(C)c1cccc(C(C)C)c1N1C(=O)c2cc(Oc3ccccc3-c3ccccc3)c3c4c(Oc5ccccc5-c5ccccc5)cc5c6c(cc(Oc7ccc(S(=O)(=O)O)cc7-c7cccc(S(=O)(=O)O)c7)c(c7c(Oc8ccc(S(=O)(=O)O)cc8-c8cccc(S(=O)(=O)O)c8)cc(c2c37)C1=O)c64)C(=O)N(c1c(C(C)C)cccc1C(C)C)C5=O. The summed E-state index contributed by atoms with van der Waals surface area (Å²) >= 11 is 0. The van der Waals surface area contributed by atoms with Crippen molar-refractivity contribution in [2.75, 3.05) is 9.80 Å². The Labute approximate surface area is 702 Å². The summed E-state index contributed by atoms with van der Waals surface area (Å²) in [7, 11) is -20.4. The lowest BCUT2D eigenvalue weighted by Gasteiger charge is -2.35. The molecule has 22 nitrogen and oxygen atoms in total. The quantitative estimate of drug-likeness (QED) is 0.0212. The van der Waals surface area contributed by atoms with Crippen LogP contribution in [0.1, 0.15) is 143 Å². The van der Waals surface area contributed by atoms with Gasteiger partial charge >= 0.3 is 0 Å². The number of carbonyl (C=O) groups excluding carboxylic acids is 4. The summed E-state index contributed by atoms with van der Waals surface area (Å²) in [6.07, 6.45) is 0. The Morgan fingerprint density at radius 3 is 0.770 bits per heavy atom. The third kappa shape index (κ3) is 14.1. The summed E-state index contributed by atoms with van der Waals surface area (Å²) in [4.78, 5) is 67.8. The van der Waals surface area contributed by atoms with Gasteiger partial charge in [-0.3, -0.25) is 37.4 Å². The first-order valence-corrected chi connectivity index (χ1v) is 44.6. The van der Waals surface area contributed by atoms with Crippen molar-refractivity contribution in [3.05, 3.63) is 299 Å². The predicted molar refractivity (Wildman–Crippen MR) is 466 cm³/mol. The van der Waals surface area contributed by atoms with Crippen molar-refractivity contribution in [1.82, 2.24) is 0 Å². The maximum atomic E-state index is 17.1. The molecular weight excluding hydrogens is 1630 g/mol. The number of benzene rings is 15. The predicted octanol–water partition coefficient (Wildman–Crippen LogP) is 22.7. The number of rotatable bonds is 22. The van der Waals surface area contributed by atoms with E-state index in [0.29, 0.717) is 44.5 Å². The molecule has 26 heteroatoms. The van der Waals surface area contributed by atoms with Crippen molar-refractivity contribution in [2.45, 2.75) is 98.6 Å². The van der Waals surface area contributed by atoms with Crippen LogP contribution >= 0.6 is 0 Å². The van der Waals surface area contributed by atoms with Gasteiger partial charge in [0.1, 0.15) is 46.0 Å². The molecule has 0 unspecified atom stereocenters. The summed E-state index contributed by atoms with van der Waals surface area (Å²) < 4.78 is 180. The Kier molecular flexibility index (Phi) is 20.2. The lowest BCUT2D eigenvalue weighted by atomic mass is 9.80. The van der Waals surface area contributed by atoms with Gasteiger partial charge in [-0.05, 0) is 165 Å². The maximum Gasteiger partial charge on any atom is 0.294 e. The Morgan fingerprint density at radius 1 is 0.230 bits per heavy atom. The zero-order chi connectivity index (χ0) is 86.2. The van der Waals surface area contributed by atoms with Crippen molar-refractivity contribution in [3.8, 4) is 90.5 Å². The molecular formula is C96H74N2O20S4. The normalized spacial score (nSPS) is 13.3. The minimum atomic E-state index is -5.15. The van der Waals surface area contributed by atoms with Gasteiger partial charge in [0.05, 0.1) is 53.2 Å². The van der Waals surface area contributed by atoms with Crippen molar-refractivity contribution in [2.24, 2.45) is 0 Å². The number of hydrogen-bond acceptors (Lipinski definition) is 16. The van der Waals surface area contributed by atoms with Gasteiger partial charge in [0.15, 0.2) is 0 Å². The highest BCUT2D eigenvalue weighted by molar-refractivity contribution is 7.86. The van der Waals surface area contributed by atoms with Crippen LogP contribution < -0.4 is 28.7 Å². The van der Waals surface area contributed by atoms with Gasteiger partial charge in [0.25, 0.3) is 64.1 Å². The van der Waals surface area contributed by atoms with E-state index in [4.69, 9.17) is 18.9 Å². The van der Waals surface area contributed by atoms with Gasteiger partial charge in [0, 0.05) is 65.3 Å². The fraction of sp³-hybridized carbons (Fsp3) is 0.125. The first-order valence-electron chi connectivity index (χ1n) is 38.8. The van der Waals surface area contributed by atoms with Gasteiger partial charge in [-0.1, -0.05) is 213 Å². The van der Waals surface area contributed by atoms with Gasteiger partial charge in [0.2, 0.25) is 0 Å². The fourth-order valence-electron chi connectivity index (χ4n) is 16.7. The molecule has 612 valence electrons. The number of para-hydroxylation sites is 4. The van der Waals surface area contributed by atoms with E-state index in [2.05, 4.69) is 0 Å². The number of imide groups is 2. The second-order valence-corrected chi connectivity index (χ2v) is 36.9. The lowest BCUT2D eigenvalue weighted by Crippen LogP contribution is -2.42. The van der Waals surface area contributed by atoms with Crippen LogP contribution in [0.3, 0.4) is 0 Å². The van der Waals surface area contributed by atoms with E-state index in [1.165, 1.54) is 48.5 Å². The molecule has 0 aromatic heterocycles. The Balaban J connectivity index is 1.14. The van der Waals surface area contributed by atoms with Crippen LogP contribution in [0.25, 0.3) is 87.6 Å². The molecule has 15 aromatic carbocycles. The molecule has 17 rings (SSSR count). The first kappa shape index (κ1) is 81.1. The molecule has 15 aromatic rings. The highest BCUT2D eigenvalue weighted by Gasteiger charge is 2.45. The average molecular weight is 1700 g/mol. The molecule has 0 radical (unpaired) electrons. The molecule has 0 aliphatic carbocycles. The lowest BCUT2D eigenvalue weighted by molar-refractivity contribution is 0.0877. The van der Waals surface area contributed by atoms with Crippen LogP contribution in [0.15, 0.2) is 274 Å². The molecule has 2 aliphatic heterocycles. The summed E-state index contributed by atoms with van der Waals surface area (Å²) in [5, 5.41) is -0.503. The van der Waals surface area contributed by atoms with Crippen LogP contribution in [0.4, 0.5) is 11.4 Å². The van der Waals surface area contributed by atoms with E-state index in [9.17, 15) is 51.9 Å². The van der Waals surface area contributed by atoms with Crippen LogP contribution in [0.2, 0.25) is 0 Å². The van der Waals surface area contributed by atoms with E-state index in [0.717, 1.165) is 70.5 Å². The molecule has 0 spiro atoms. The van der Waals surface area contributed by atoms with Crippen molar-refractivity contribution >= 4 is 119 Å². The van der Waals surface area contributed by atoms with Crippen LogP contribution in [0.5, 0.6) is 46.0 Å². The topological polar surface area (TPSA) is 329 Å².